The maximum Gasteiger partial charge on any atom is 0.251 e. The van der Waals surface area contributed by atoms with E-state index in [-0.39, 0.29) is 24.4 Å². The lowest BCUT2D eigenvalue weighted by Crippen LogP contribution is -2.45. The fourth-order valence-corrected chi connectivity index (χ4v) is 3.57. The number of carbonyl (C=O) groups is 2. The first-order valence-electron chi connectivity index (χ1n) is 9.83. The van der Waals surface area contributed by atoms with Crippen LogP contribution >= 0.6 is 15.9 Å². The first-order valence-corrected chi connectivity index (χ1v) is 10.6. The Balaban J connectivity index is 1.56. The van der Waals surface area contributed by atoms with Gasteiger partial charge in [-0.25, -0.2) is 0 Å². The van der Waals surface area contributed by atoms with Crippen molar-refractivity contribution in [3.8, 4) is 5.75 Å². The van der Waals surface area contributed by atoms with E-state index in [1.807, 2.05) is 24.3 Å². The molecule has 0 bridgehead atoms. The molecule has 0 saturated carbocycles. The van der Waals surface area contributed by atoms with Gasteiger partial charge < -0.3 is 20.1 Å². The molecule has 160 valence electrons. The Morgan fingerprint density at radius 2 is 1.73 bits per heavy atom. The number of methoxy groups -OCH3 is 1. The molecule has 30 heavy (non-hydrogen) atoms. The van der Waals surface area contributed by atoms with Gasteiger partial charge in [0.1, 0.15) is 5.75 Å². The Kier molecular flexibility index (Phi) is 8.24. The molecular formula is C22H26BrN3O4. The number of halogens is 1. The Morgan fingerprint density at radius 1 is 1.07 bits per heavy atom. The number of ether oxygens (including phenoxy) is 2. The summed E-state index contributed by atoms with van der Waals surface area (Å²) in [4.78, 5) is 26.8. The van der Waals surface area contributed by atoms with Crippen LogP contribution in [0.4, 0.5) is 0 Å². The van der Waals surface area contributed by atoms with Crippen molar-refractivity contribution in [3.05, 3.63) is 64.1 Å². The molecule has 1 heterocycles. The van der Waals surface area contributed by atoms with Crippen LogP contribution in [0.15, 0.2) is 53.0 Å². The van der Waals surface area contributed by atoms with Crippen molar-refractivity contribution >= 4 is 27.7 Å². The summed E-state index contributed by atoms with van der Waals surface area (Å²) in [5.74, 6) is 0.281. The highest BCUT2D eigenvalue weighted by Gasteiger charge is 2.23. The maximum absolute atomic E-state index is 12.4. The van der Waals surface area contributed by atoms with Crippen LogP contribution < -0.4 is 15.4 Å². The van der Waals surface area contributed by atoms with Crippen molar-refractivity contribution in [1.29, 1.82) is 0 Å². The molecule has 0 spiro atoms. The minimum Gasteiger partial charge on any atom is -0.497 e. The summed E-state index contributed by atoms with van der Waals surface area (Å²) in [6.07, 6.45) is 0. The van der Waals surface area contributed by atoms with Gasteiger partial charge >= 0.3 is 0 Å². The standard InChI is InChI=1S/C22H26BrN3O4/c1-29-19-8-4-16(5-9-19)20(26-10-12-30-13-11-26)14-24-21(27)15-25-22(28)17-2-6-18(23)7-3-17/h2-9,20H,10-15H2,1H3,(H,24,27)(H,25,28). The summed E-state index contributed by atoms with van der Waals surface area (Å²) in [5.41, 5.74) is 1.60. The van der Waals surface area contributed by atoms with Crippen LogP contribution in [0.2, 0.25) is 0 Å². The minimum atomic E-state index is -0.280. The highest BCUT2D eigenvalue weighted by molar-refractivity contribution is 9.10. The zero-order chi connectivity index (χ0) is 21.3. The predicted octanol–water partition coefficient (Wildman–Crippen LogP) is 2.38. The summed E-state index contributed by atoms with van der Waals surface area (Å²) >= 11 is 3.34. The number of carbonyl (C=O) groups excluding carboxylic acids is 2. The summed E-state index contributed by atoms with van der Waals surface area (Å²) in [6, 6.07) is 14.9. The molecule has 1 fully saturated rings. The van der Waals surface area contributed by atoms with E-state index in [0.29, 0.717) is 25.3 Å². The third-order valence-electron chi connectivity index (χ3n) is 5.00. The molecule has 3 rings (SSSR count). The molecule has 2 N–H and O–H groups in total. The molecular weight excluding hydrogens is 450 g/mol. The summed E-state index contributed by atoms with van der Waals surface area (Å²) in [7, 11) is 1.64. The average molecular weight is 476 g/mol. The molecule has 2 aromatic rings. The van der Waals surface area contributed by atoms with E-state index in [1.54, 1.807) is 31.4 Å². The first-order chi connectivity index (χ1) is 14.6. The lowest BCUT2D eigenvalue weighted by Gasteiger charge is -2.35. The molecule has 1 unspecified atom stereocenters. The Morgan fingerprint density at radius 3 is 2.37 bits per heavy atom. The molecule has 1 atom stereocenters. The van der Waals surface area contributed by atoms with Crippen LogP contribution in [0.5, 0.6) is 5.75 Å². The summed E-state index contributed by atoms with van der Waals surface area (Å²) < 4.78 is 11.6. The van der Waals surface area contributed by atoms with E-state index in [0.717, 1.165) is 28.9 Å². The Bertz CT molecular complexity index is 836. The number of hydrogen-bond donors (Lipinski definition) is 2. The van der Waals surface area contributed by atoms with E-state index in [2.05, 4.69) is 31.5 Å². The van der Waals surface area contributed by atoms with Crippen LogP contribution in [-0.4, -0.2) is 63.2 Å². The highest BCUT2D eigenvalue weighted by atomic mass is 79.9. The second-order valence-corrected chi connectivity index (χ2v) is 7.85. The second kappa shape index (κ2) is 11.1. The average Bonchev–Trinajstić information content (AvgIpc) is 2.79. The lowest BCUT2D eigenvalue weighted by molar-refractivity contribution is -0.120. The monoisotopic (exact) mass is 475 g/mol. The van der Waals surface area contributed by atoms with E-state index in [9.17, 15) is 9.59 Å². The van der Waals surface area contributed by atoms with Crippen LogP contribution in [0.25, 0.3) is 0 Å². The van der Waals surface area contributed by atoms with Gasteiger partial charge in [-0.05, 0) is 42.0 Å². The summed E-state index contributed by atoms with van der Waals surface area (Å²) in [5, 5.41) is 5.61. The van der Waals surface area contributed by atoms with Crippen molar-refractivity contribution in [1.82, 2.24) is 15.5 Å². The van der Waals surface area contributed by atoms with E-state index >= 15 is 0 Å². The van der Waals surface area contributed by atoms with Crippen LogP contribution in [0.1, 0.15) is 22.0 Å². The number of morpholine rings is 1. The third kappa shape index (κ3) is 6.29. The number of amides is 2. The van der Waals surface area contributed by atoms with Gasteiger partial charge in [-0.1, -0.05) is 28.1 Å². The van der Waals surface area contributed by atoms with Crippen molar-refractivity contribution in [3.63, 3.8) is 0 Å². The van der Waals surface area contributed by atoms with Crippen molar-refractivity contribution in [2.24, 2.45) is 0 Å². The maximum atomic E-state index is 12.4. The zero-order valence-corrected chi connectivity index (χ0v) is 18.5. The van der Waals surface area contributed by atoms with Crippen molar-refractivity contribution in [2.45, 2.75) is 6.04 Å². The van der Waals surface area contributed by atoms with Gasteiger partial charge in [0.15, 0.2) is 0 Å². The lowest BCUT2D eigenvalue weighted by atomic mass is 10.0. The van der Waals surface area contributed by atoms with Gasteiger partial charge in [0.25, 0.3) is 5.91 Å². The van der Waals surface area contributed by atoms with Gasteiger partial charge in [0, 0.05) is 29.7 Å². The zero-order valence-electron chi connectivity index (χ0n) is 16.9. The quantitative estimate of drug-likeness (QED) is 0.612. The highest BCUT2D eigenvalue weighted by Crippen LogP contribution is 2.23. The number of rotatable bonds is 8. The van der Waals surface area contributed by atoms with Crippen LogP contribution in [0.3, 0.4) is 0 Å². The number of benzene rings is 2. The van der Waals surface area contributed by atoms with Gasteiger partial charge in [-0.2, -0.15) is 0 Å². The van der Waals surface area contributed by atoms with Gasteiger partial charge in [-0.15, -0.1) is 0 Å². The first kappa shape index (κ1) is 22.3. The topological polar surface area (TPSA) is 79.9 Å². The van der Waals surface area contributed by atoms with Gasteiger partial charge in [-0.3, -0.25) is 14.5 Å². The molecule has 0 aromatic heterocycles. The predicted molar refractivity (Wildman–Crippen MR) is 118 cm³/mol. The summed E-state index contributed by atoms with van der Waals surface area (Å²) in [6.45, 7) is 3.31. The Labute approximate surface area is 184 Å². The van der Waals surface area contributed by atoms with Gasteiger partial charge in [0.05, 0.1) is 32.9 Å². The SMILES string of the molecule is COc1ccc(C(CNC(=O)CNC(=O)c2ccc(Br)cc2)N2CCOCC2)cc1. The molecule has 2 amide bonds. The number of hydrogen-bond acceptors (Lipinski definition) is 5. The Hall–Kier alpha value is -2.42. The van der Waals surface area contributed by atoms with E-state index in [4.69, 9.17) is 9.47 Å². The number of nitrogens with one attached hydrogen (secondary N) is 2. The fraction of sp³-hybridized carbons (Fsp3) is 0.364. The minimum absolute atomic E-state index is 0.0194. The van der Waals surface area contributed by atoms with Gasteiger partial charge in [0.2, 0.25) is 5.91 Å². The normalized spacial score (nSPS) is 15.3. The third-order valence-corrected chi connectivity index (χ3v) is 5.52. The second-order valence-electron chi connectivity index (χ2n) is 6.93. The fourth-order valence-electron chi connectivity index (χ4n) is 3.31. The molecule has 2 aromatic carbocycles. The molecule has 7 nitrogen and oxygen atoms in total. The molecule has 0 radical (unpaired) electrons. The molecule has 1 aliphatic rings. The molecule has 1 aliphatic heterocycles. The van der Waals surface area contributed by atoms with Crippen LogP contribution in [0, 0.1) is 0 Å². The molecule has 8 heteroatoms. The van der Waals surface area contributed by atoms with Crippen molar-refractivity contribution < 1.29 is 19.1 Å². The van der Waals surface area contributed by atoms with E-state index < -0.39 is 0 Å². The molecule has 0 aliphatic carbocycles. The smallest absolute Gasteiger partial charge is 0.251 e. The van der Waals surface area contributed by atoms with Crippen molar-refractivity contribution in [2.75, 3.05) is 46.5 Å². The largest absolute Gasteiger partial charge is 0.497 e. The van der Waals surface area contributed by atoms with E-state index in [1.165, 1.54) is 0 Å². The van der Waals surface area contributed by atoms with Crippen LogP contribution in [-0.2, 0) is 9.53 Å². The molecule has 1 saturated heterocycles. The number of nitrogens with zero attached hydrogens (tertiary/aromatic N) is 1.